The molecule has 0 aliphatic carbocycles. The topological polar surface area (TPSA) is 105 Å². The van der Waals surface area contributed by atoms with E-state index in [2.05, 4.69) is 153 Å². The van der Waals surface area contributed by atoms with Gasteiger partial charge in [-0.25, -0.2) is 4.57 Å². The third-order valence-electron chi connectivity index (χ3n) is 11.2. The summed E-state index contributed by atoms with van der Waals surface area (Å²) in [5.74, 6) is -0.168. The van der Waals surface area contributed by atoms with E-state index in [0.717, 1.165) is 122 Å². The Morgan fingerprint density at radius 1 is 0.507 bits per heavy atom. The number of carbonyl (C=O) groups excluding carboxylic acids is 1. The van der Waals surface area contributed by atoms with Crippen molar-refractivity contribution in [1.82, 2.24) is 5.32 Å². The lowest BCUT2D eigenvalue weighted by molar-refractivity contribution is -0.870. The Morgan fingerprint density at radius 2 is 0.870 bits per heavy atom. The Balaban J connectivity index is 3.99. The molecular weight excluding hydrogens is 876 g/mol. The molecule has 9 heteroatoms. The second kappa shape index (κ2) is 49.6. The Morgan fingerprint density at radius 3 is 1.28 bits per heavy atom. The fourth-order valence-electron chi connectivity index (χ4n) is 6.93. The van der Waals surface area contributed by atoms with Gasteiger partial charge in [-0.3, -0.25) is 13.8 Å². The zero-order valence-electron chi connectivity index (χ0n) is 44.5. The summed E-state index contributed by atoms with van der Waals surface area (Å²) in [4.78, 5) is 23.1. The Hall–Kier alpha value is -3.36. The summed E-state index contributed by atoms with van der Waals surface area (Å²) < 4.78 is 23.5. The predicted molar refractivity (Wildman–Crippen MR) is 299 cm³/mol. The number of carbonyl (C=O) groups is 1. The summed E-state index contributed by atoms with van der Waals surface area (Å²) in [6, 6.07) is -0.772. The third-order valence-corrected chi connectivity index (χ3v) is 12.1. The van der Waals surface area contributed by atoms with E-state index in [1.54, 1.807) is 0 Å². The van der Waals surface area contributed by atoms with E-state index in [9.17, 15) is 19.4 Å². The van der Waals surface area contributed by atoms with Crippen molar-refractivity contribution in [1.29, 1.82) is 0 Å². The fraction of sp³-hybridized carbons (Fsp3) is 0.617. The minimum absolute atomic E-state index is 0.0649. The van der Waals surface area contributed by atoms with Crippen LogP contribution in [0.5, 0.6) is 0 Å². The van der Waals surface area contributed by atoms with Gasteiger partial charge in [0, 0.05) is 6.42 Å². The first kappa shape index (κ1) is 65.6. The number of nitrogens with zero attached hydrogens (tertiary/aromatic N) is 1. The van der Waals surface area contributed by atoms with E-state index in [0.29, 0.717) is 23.9 Å². The van der Waals surface area contributed by atoms with E-state index >= 15 is 0 Å². The summed E-state index contributed by atoms with van der Waals surface area (Å²) >= 11 is 0. The number of rotatable bonds is 47. The van der Waals surface area contributed by atoms with Crippen LogP contribution >= 0.6 is 7.82 Å². The lowest BCUT2D eigenvalue weighted by Gasteiger charge is -2.26. The van der Waals surface area contributed by atoms with Crippen molar-refractivity contribution in [3.8, 4) is 0 Å². The number of unbranched alkanes of at least 4 members (excludes halogenated alkanes) is 12. The molecule has 0 bridgehead atoms. The molecule has 0 aliphatic rings. The first-order valence-electron chi connectivity index (χ1n) is 27.0. The summed E-state index contributed by atoms with van der Waals surface area (Å²) in [5, 5.41) is 13.8. The highest BCUT2D eigenvalue weighted by Crippen LogP contribution is 2.43. The normalized spacial score (nSPS) is 15.1. The van der Waals surface area contributed by atoms with Crippen molar-refractivity contribution in [2.75, 3.05) is 40.9 Å². The maximum Gasteiger partial charge on any atom is 0.472 e. The molecule has 3 atom stereocenters. The molecule has 0 spiro atoms. The summed E-state index contributed by atoms with van der Waals surface area (Å²) in [6.45, 7) is 4.67. The number of allylic oxidation sites excluding steroid dienone is 22. The molecule has 0 aromatic carbocycles. The molecule has 0 heterocycles. The number of phosphoric acid groups is 1. The van der Waals surface area contributed by atoms with Crippen LogP contribution in [0.15, 0.2) is 134 Å². The largest absolute Gasteiger partial charge is 0.472 e. The van der Waals surface area contributed by atoms with Crippen LogP contribution < -0.4 is 5.32 Å². The molecule has 0 saturated carbocycles. The molecule has 0 aliphatic heterocycles. The van der Waals surface area contributed by atoms with Crippen LogP contribution in [0, 0.1) is 0 Å². The van der Waals surface area contributed by atoms with Gasteiger partial charge in [-0.05, 0) is 96.3 Å². The number of hydrogen-bond donors (Lipinski definition) is 3. The molecule has 0 rings (SSSR count). The second-order valence-electron chi connectivity index (χ2n) is 18.9. The molecule has 392 valence electrons. The van der Waals surface area contributed by atoms with Crippen LogP contribution in [0.1, 0.15) is 187 Å². The average Bonchev–Trinajstić information content (AvgIpc) is 3.31. The minimum Gasteiger partial charge on any atom is -0.391 e. The first-order chi connectivity index (χ1) is 33.5. The number of nitrogens with one attached hydrogen (secondary N) is 1. The standard InChI is InChI=1S/C60H101N2O6P/c1-6-8-10-12-14-15-16-17-18-19-20-21-22-23-24-25-26-27-28-29-30-31-32-33-34-35-36-37-38-39-40-41-42-43-44-45-46-47-48-50-52-54-60(64)61-58(59(63)53-51-49-13-11-9-7-2)57-68-69(65,66)67-56-55-62(3,4)5/h8,10,14-15,17-18,20-21,23-24,26-27,29-30,32-33,35-36,38-39,41-42,58-59,63H,6-7,9,11-13,16,19,22,25,28,31,34,37,40,43-57H2,1-5H3,(H-,61,64,65,66)/p+1/b10-8-,15-14-,18-17-,21-20-,24-23-,27-26-,30-29-,33-32-,36-35-,39-38-,42-41-. The van der Waals surface area contributed by atoms with Gasteiger partial charge in [0.15, 0.2) is 0 Å². The van der Waals surface area contributed by atoms with Gasteiger partial charge in [-0.2, -0.15) is 0 Å². The van der Waals surface area contributed by atoms with E-state index in [-0.39, 0.29) is 19.1 Å². The molecule has 8 nitrogen and oxygen atoms in total. The number of amides is 1. The van der Waals surface area contributed by atoms with Crippen LogP contribution in [-0.2, 0) is 18.4 Å². The number of phosphoric ester groups is 1. The lowest BCUT2D eigenvalue weighted by atomic mass is 10.0. The van der Waals surface area contributed by atoms with Gasteiger partial charge in [0.2, 0.25) is 5.91 Å². The number of hydrogen-bond acceptors (Lipinski definition) is 5. The van der Waals surface area contributed by atoms with Crippen molar-refractivity contribution in [2.24, 2.45) is 0 Å². The number of likely N-dealkylation sites (N-methyl/N-ethyl adjacent to an activating group) is 1. The van der Waals surface area contributed by atoms with Crippen molar-refractivity contribution in [2.45, 2.75) is 199 Å². The maximum absolute atomic E-state index is 12.8. The third kappa shape index (κ3) is 52.3. The van der Waals surface area contributed by atoms with Gasteiger partial charge in [0.25, 0.3) is 0 Å². The molecule has 3 N–H and O–H groups in total. The van der Waals surface area contributed by atoms with Crippen LogP contribution in [-0.4, -0.2) is 73.4 Å². The van der Waals surface area contributed by atoms with E-state index in [1.807, 2.05) is 21.1 Å². The van der Waals surface area contributed by atoms with Gasteiger partial charge in [-0.1, -0.05) is 218 Å². The van der Waals surface area contributed by atoms with Gasteiger partial charge in [0.1, 0.15) is 13.2 Å². The molecule has 3 unspecified atom stereocenters. The Kier molecular flexibility index (Phi) is 47.2. The van der Waals surface area contributed by atoms with Crippen molar-refractivity contribution >= 4 is 13.7 Å². The number of aliphatic hydroxyl groups excluding tert-OH is 1. The summed E-state index contributed by atoms with van der Waals surface area (Å²) in [5.41, 5.74) is 0. The van der Waals surface area contributed by atoms with Gasteiger partial charge in [0.05, 0.1) is 39.9 Å². The van der Waals surface area contributed by atoms with Crippen LogP contribution in [0.2, 0.25) is 0 Å². The lowest BCUT2D eigenvalue weighted by Crippen LogP contribution is -2.46. The smallest absolute Gasteiger partial charge is 0.391 e. The Bertz CT molecular complexity index is 1580. The molecule has 1 amide bonds. The second-order valence-corrected chi connectivity index (χ2v) is 20.3. The fourth-order valence-corrected chi connectivity index (χ4v) is 7.67. The monoisotopic (exact) mass is 978 g/mol. The van der Waals surface area contributed by atoms with Gasteiger partial charge >= 0.3 is 7.82 Å². The van der Waals surface area contributed by atoms with Crippen LogP contribution in [0.4, 0.5) is 0 Å². The SMILES string of the molecule is CC/C=C\C/C=C\C/C=C\C/C=C\C/C=C\C/C=C\C/C=C\C/C=C\C/C=C\C/C=C\C/C=C\CCCCCCCCCC(=O)NC(COP(=O)(O)OCC[N+](C)(C)C)C(O)CCCCCCCC. The van der Waals surface area contributed by atoms with E-state index < -0.39 is 20.0 Å². The van der Waals surface area contributed by atoms with E-state index in [1.165, 1.54) is 38.5 Å². The van der Waals surface area contributed by atoms with Crippen molar-refractivity contribution < 1.29 is 32.9 Å². The maximum atomic E-state index is 12.8. The average molecular weight is 978 g/mol. The zero-order valence-corrected chi connectivity index (χ0v) is 45.4. The van der Waals surface area contributed by atoms with Gasteiger partial charge in [-0.15, -0.1) is 0 Å². The molecular formula is C60H102N2O6P+. The highest BCUT2D eigenvalue weighted by molar-refractivity contribution is 7.47. The molecule has 0 saturated heterocycles. The number of quaternary nitrogens is 1. The molecule has 0 radical (unpaired) electrons. The quantitative estimate of drug-likeness (QED) is 0.0243. The highest BCUT2D eigenvalue weighted by Gasteiger charge is 2.28. The summed E-state index contributed by atoms with van der Waals surface area (Å²) in [6.07, 6.45) is 75.5. The Labute approximate surface area is 424 Å². The van der Waals surface area contributed by atoms with Gasteiger partial charge < -0.3 is 19.8 Å². The molecule has 69 heavy (non-hydrogen) atoms. The van der Waals surface area contributed by atoms with Crippen molar-refractivity contribution in [3.05, 3.63) is 134 Å². The summed E-state index contributed by atoms with van der Waals surface area (Å²) in [7, 11) is 1.58. The molecule has 0 fully saturated rings. The van der Waals surface area contributed by atoms with E-state index in [4.69, 9.17) is 9.05 Å². The highest BCUT2D eigenvalue weighted by atomic mass is 31.2. The predicted octanol–water partition coefficient (Wildman–Crippen LogP) is 16.4. The number of aliphatic hydroxyl groups is 1. The molecule has 0 aromatic rings. The zero-order chi connectivity index (χ0) is 50.6. The molecule has 0 aromatic heterocycles. The van der Waals surface area contributed by atoms with Crippen LogP contribution in [0.3, 0.4) is 0 Å². The minimum atomic E-state index is -4.32. The first-order valence-corrected chi connectivity index (χ1v) is 28.5. The van der Waals surface area contributed by atoms with Crippen molar-refractivity contribution in [3.63, 3.8) is 0 Å². The van der Waals surface area contributed by atoms with Crippen LogP contribution in [0.25, 0.3) is 0 Å².